The number of nitrogens with one attached hydrogen (secondary N) is 1. The lowest BCUT2D eigenvalue weighted by Gasteiger charge is -2.05. The average Bonchev–Trinajstić information content (AvgIpc) is 3.24. The van der Waals surface area contributed by atoms with Gasteiger partial charge in [-0.05, 0) is 24.3 Å². The third-order valence-electron chi connectivity index (χ3n) is 4.92. The van der Waals surface area contributed by atoms with Crippen LogP contribution in [0.15, 0.2) is 43.7 Å². The van der Waals surface area contributed by atoms with Crippen molar-refractivity contribution < 1.29 is 32.8 Å². The number of carboxylic acids is 1. The fourth-order valence-electron chi connectivity index (χ4n) is 2.98. The first-order valence-corrected chi connectivity index (χ1v) is 9.98. The number of hydrogen-bond donors (Lipinski definition) is 2. The number of benzene rings is 1. The van der Waals surface area contributed by atoms with Gasteiger partial charge < -0.3 is 23.2 Å². The van der Waals surface area contributed by atoms with Crippen LogP contribution in [0.2, 0.25) is 5.15 Å². The molecule has 33 heavy (non-hydrogen) atoms. The second kappa shape index (κ2) is 7.99. The van der Waals surface area contributed by atoms with E-state index in [-0.39, 0.29) is 46.4 Å². The van der Waals surface area contributed by atoms with Crippen LogP contribution in [-0.4, -0.2) is 32.3 Å². The van der Waals surface area contributed by atoms with Crippen molar-refractivity contribution in [3.05, 3.63) is 58.6 Å². The highest BCUT2D eigenvalue weighted by Crippen LogP contribution is 2.48. The third-order valence-corrected chi connectivity index (χ3v) is 5.18. The SMILES string of the molecule is O=C(Nc1c(Cl)noc1C#Cc1nc2oc(C3(C(=O)O)CC3)nc2o1)OCc1ccccc1. The summed E-state index contributed by atoms with van der Waals surface area (Å²) < 4.78 is 21.0. The van der Waals surface area contributed by atoms with E-state index in [2.05, 4.69) is 32.3 Å². The molecule has 3 aromatic heterocycles. The number of fused-ring (bicyclic) bond motifs is 1. The van der Waals surface area contributed by atoms with Crippen molar-refractivity contribution in [2.24, 2.45) is 0 Å². The molecule has 1 amide bonds. The van der Waals surface area contributed by atoms with E-state index in [4.69, 9.17) is 29.7 Å². The zero-order chi connectivity index (χ0) is 23.0. The molecule has 0 saturated heterocycles. The number of amides is 1. The summed E-state index contributed by atoms with van der Waals surface area (Å²) in [6, 6.07) is 9.13. The first-order valence-electron chi connectivity index (χ1n) is 9.61. The van der Waals surface area contributed by atoms with Gasteiger partial charge >= 0.3 is 12.1 Å². The number of aromatic nitrogens is 3. The standard InChI is InChI=1S/C21H13ClN4O7/c22-15-14(24-20(29)30-10-11-4-2-1-3-5-11)12(33-26-15)6-7-13-23-16-17(31-13)25-18(32-16)21(8-9-21)19(27)28/h1-5H,8-10H2,(H,24,29)(H,27,28). The maximum absolute atomic E-state index is 12.1. The number of anilines is 1. The molecular formula is C21H13ClN4O7. The summed E-state index contributed by atoms with van der Waals surface area (Å²) in [6.07, 6.45) is 0.103. The smallest absolute Gasteiger partial charge is 0.412 e. The Morgan fingerprint density at radius 3 is 2.61 bits per heavy atom. The molecule has 1 aromatic carbocycles. The molecule has 1 fully saturated rings. The van der Waals surface area contributed by atoms with E-state index >= 15 is 0 Å². The van der Waals surface area contributed by atoms with Gasteiger partial charge in [-0.3, -0.25) is 10.1 Å². The lowest BCUT2D eigenvalue weighted by Crippen LogP contribution is -2.19. The fraction of sp³-hybridized carbons (Fsp3) is 0.190. The predicted molar refractivity (Wildman–Crippen MR) is 110 cm³/mol. The van der Waals surface area contributed by atoms with Gasteiger partial charge in [0.2, 0.25) is 11.7 Å². The van der Waals surface area contributed by atoms with E-state index in [0.717, 1.165) is 5.56 Å². The van der Waals surface area contributed by atoms with Gasteiger partial charge in [0.1, 0.15) is 17.7 Å². The number of rotatable bonds is 5. The molecule has 0 radical (unpaired) electrons. The van der Waals surface area contributed by atoms with Crippen molar-refractivity contribution >= 4 is 40.8 Å². The molecule has 4 aromatic rings. The van der Waals surface area contributed by atoms with Crippen molar-refractivity contribution in [2.45, 2.75) is 24.9 Å². The minimum atomic E-state index is -1.11. The summed E-state index contributed by atoms with van der Waals surface area (Å²) in [7, 11) is 0. The van der Waals surface area contributed by atoms with Crippen LogP contribution < -0.4 is 5.32 Å². The molecule has 0 unspecified atom stereocenters. The van der Waals surface area contributed by atoms with Gasteiger partial charge in [0, 0.05) is 5.92 Å². The monoisotopic (exact) mass is 468 g/mol. The van der Waals surface area contributed by atoms with Crippen LogP contribution >= 0.6 is 11.6 Å². The van der Waals surface area contributed by atoms with Crippen LogP contribution in [0.1, 0.15) is 35.9 Å². The minimum Gasteiger partial charge on any atom is -0.480 e. The number of halogens is 1. The second-order valence-corrected chi connectivity index (χ2v) is 7.51. The molecule has 0 spiro atoms. The zero-order valence-electron chi connectivity index (χ0n) is 16.6. The van der Waals surface area contributed by atoms with E-state index in [9.17, 15) is 14.7 Å². The van der Waals surface area contributed by atoms with Crippen LogP contribution in [0.25, 0.3) is 11.4 Å². The van der Waals surface area contributed by atoms with E-state index < -0.39 is 17.5 Å². The molecule has 1 aliphatic carbocycles. The summed E-state index contributed by atoms with van der Waals surface area (Å²) in [6.45, 7) is 0.0596. The molecule has 3 heterocycles. The van der Waals surface area contributed by atoms with Crippen molar-refractivity contribution in [1.29, 1.82) is 0 Å². The Balaban J connectivity index is 1.29. The van der Waals surface area contributed by atoms with E-state index in [0.29, 0.717) is 12.8 Å². The second-order valence-electron chi connectivity index (χ2n) is 7.15. The molecule has 5 rings (SSSR count). The fourth-order valence-corrected chi connectivity index (χ4v) is 3.15. The van der Waals surface area contributed by atoms with E-state index in [1.807, 2.05) is 30.3 Å². The molecule has 12 heteroatoms. The van der Waals surface area contributed by atoms with Crippen LogP contribution in [-0.2, 0) is 21.6 Å². The molecule has 1 aliphatic rings. The maximum atomic E-state index is 12.1. The molecular weight excluding hydrogens is 456 g/mol. The van der Waals surface area contributed by atoms with Crippen molar-refractivity contribution in [2.75, 3.05) is 5.32 Å². The first-order chi connectivity index (χ1) is 15.9. The zero-order valence-corrected chi connectivity index (χ0v) is 17.4. The van der Waals surface area contributed by atoms with Gasteiger partial charge in [-0.1, -0.05) is 47.1 Å². The number of aliphatic carboxylic acids is 1. The average molecular weight is 469 g/mol. The number of carbonyl (C=O) groups excluding carboxylic acids is 1. The quantitative estimate of drug-likeness (QED) is 0.414. The number of carbonyl (C=O) groups is 2. The molecule has 0 aliphatic heterocycles. The van der Waals surface area contributed by atoms with Gasteiger partial charge in [-0.2, -0.15) is 9.97 Å². The van der Waals surface area contributed by atoms with Crippen LogP contribution in [0.3, 0.4) is 0 Å². The normalized spacial score (nSPS) is 13.8. The Kier molecular flexibility index (Phi) is 4.99. The summed E-state index contributed by atoms with van der Waals surface area (Å²) in [5, 5.41) is 15.2. The highest BCUT2D eigenvalue weighted by atomic mass is 35.5. The maximum Gasteiger partial charge on any atom is 0.412 e. The van der Waals surface area contributed by atoms with Crippen LogP contribution in [0, 0.1) is 11.8 Å². The van der Waals surface area contributed by atoms with Gasteiger partial charge in [-0.15, -0.1) is 0 Å². The molecule has 166 valence electrons. The van der Waals surface area contributed by atoms with Gasteiger partial charge in [-0.25, -0.2) is 4.79 Å². The van der Waals surface area contributed by atoms with Gasteiger partial charge in [0.15, 0.2) is 5.15 Å². The van der Waals surface area contributed by atoms with Crippen molar-refractivity contribution in [3.63, 3.8) is 0 Å². The Morgan fingerprint density at radius 1 is 1.15 bits per heavy atom. The number of carboxylic acid groups (broad SMARTS) is 1. The van der Waals surface area contributed by atoms with Crippen molar-refractivity contribution in [1.82, 2.24) is 15.1 Å². The molecule has 2 N–H and O–H groups in total. The lowest BCUT2D eigenvalue weighted by atomic mass is 10.1. The predicted octanol–water partition coefficient (Wildman–Crippen LogP) is 3.72. The highest BCUT2D eigenvalue weighted by Gasteiger charge is 2.56. The molecule has 0 atom stereocenters. The summed E-state index contributed by atoms with van der Waals surface area (Å²) in [5.41, 5.74) is -0.220. The Labute approximate surface area is 189 Å². The van der Waals surface area contributed by atoms with Crippen molar-refractivity contribution in [3.8, 4) is 11.8 Å². The van der Waals surface area contributed by atoms with E-state index in [1.54, 1.807) is 0 Å². The van der Waals surface area contributed by atoms with Gasteiger partial charge in [0.25, 0.3) is 17.3 Å². The highest BCUT2D eigenvalue weighted by molar-refractivity contribution is 6.32. The molecule has 0 bridgehead atoms. The third kappa shape index (κ3) is 3.99. The van der Waals surface area contributed by atoms with Crippen LogP contribution in [0.5, 0.6) is 0 Å². The number of oxazole rings is 2. The summed E-state index contributed by atoms with van der Waals surface area (Å²) in [5.74, 6) is 4.13. The van der Waals surface area contributed by atoms with E-state index in [1.165, 1.54) is 0 Å². The minimum absolute atomic E-state index is 0.0232. The van der Waals surface area contributed by atoms with Crippen LogP contribution in [0.4, 0.5) is 10.5 Å². The van der Waals surface area contributed by atoms with Gasteiger partial charge in [0.05, 0.1) is 0 Å². The molecule has 11 nitrogen and oxygen atoms in total. The summed E-state index contributed by atoms with van der Waals surface area (Å²) in [4.78, 5) is 31.6. The summed E-state index contributed by atoms with van der Waals surface area (Å²) >= 11 is 5.97. The lowest BCUT2D eigenvalue weighted by molar-refractivity contribution is -0.140. The molecule has 1 saturated carbocycles. The largest absolute Gasteiger partial charge is 0.480 e. The first kappa shape index (κ1) is 20.6. The number of nitrogens with zero attached hydrogens (tertiary/aromatic N) is 3. The topological polar surface area (TPSA) is 154 Å². The number of ether oxygens (including phenoxy) is 1. The Morgan fingerprint density at radius 2 is 1.91 bits per heavy atom. The number of hydrogen-bond acceptors (Lipinski definition) is 9. The Hall–Kier alpha value is -4.30. The Bertz CT molecular complexity index is 1390.